The molecular formula is C11H18S4. The molecule has 0 saturated carbocycles. The minimum Gasteiger partial charge on any atom is -0.147 e. The van der Waals surface area contributed by atoms with Gasteiger partial charge in [-0.3, -0.25) is 0 Å². The maximum absolute atomic E-state index is 3.47. The second-order valence-electron chi connectivity index (χ2n) is 3.46. The van der Waals surface area contributed by atoms with Crippen molar-refractivity contribution in [1.82, 2.24) is 0 Å². The summed E-state index contributed by atoms with van der Waals surface area (Å²) in [6, 6.07) is 0. The monoisotopic (exact) mass is 278 g/mol. The van der Waals surface area contributed by atoms with E-state index in [1.54, 1.807) is 0 Å². The molecule has 0 radical (unpaired) electrons. The summed E-state index contributed by atoms with van der Waals surface area (Å²) in [5, 5.41) is 0. The number of thioether (sulfide) groups is 4. The third-order valence-corrected chi connectivity index (χ3v) is 8.99. The van der Waals surface area contributed by atoms with Gasteiger partial charge in [0.25, 0.3) is 0 Å². The van der Waals surface area contributed by atoms with Crippen LogP contribution in [-0.2, 0) is 0 Å². The van der Waals surface area contributed by atoms with Gasteiger partial charge in [0.2, 0.25) is 0 Å². The topological polar surface area (TPSA) is 0 Å². The van der Waals surface area contributed by atoms with Gasteiger partial charge in [0, 0.05) is 6.42 Å². The van der Waals surface area contributed by atoms with Crippen LogP contribution in [0.2, 0.25) is 0 Å². The van der Waals surface area contributed by atoms with Gasteiger partial charge < -0.3 is 0 Å². The van der Waals surface area contributed by atoms with Crippen LogP contribution in [0.5, 0.6) is 0 Å². The molecule has 0 bridgehead atoms. The normalized spacial score (nSPS) is 22.7. The third-order valence-electron chi connectivity index (χ3n) is 2.88. The fourth-order valence-electron chi connectivity index (χ4n) is 1.64. The summed E-state index contributed by atoms with van der Waals surface area (Å²) in [7, 11) is 0. The summed E-state index contributed by atoms with van der Waals surface area (Å²) >= 11 is 7.74. The lowest BCUT2D eigenvalue weighted by atomic mass is 10.2. The minimum atomic E-state index is 0.146. The van der Waals surface area contributed by atoms with E-state index in [9.17, 15) is 0 Å². The average Bonchev–Trinajstić information content (AvgIpc) is 2.49. The lowest BCUT2D eigenvalue weighted by Crippen LogP contribution is -2.22. The lowest BCUT2D eigenvalue weighted by Gasteiger charge is -2.30. The van der Waals surface area contributed by atoms with E-state index in [4.69, 9.17) is 0 Å². The summed E-state index contributed by atoms with van der Waals surface area (Å²) in [5.74, 6) is 6.87. The van der Waals surface area contributed by atoms with Crippen LogP contribution in [0, 0.1) is 11.8 Å². The second kappa shape index (κ2) is 6.05. The fourth-order valence-corrected chi connectivity index (χ4v) is 4.98. The molecule has 0 fully saturated rings. The maximum Gasteiger partial charge on any atom is 0.121 e. The highest BCUT2D eigenvalue weighted by atomic mass is 32.2. The van der Waals surface area contributed by atoms with E-state index in [1.165, 1.54) is 12.8 Å². The van der Waals surface area contributed by atoms with E-state index in [-0.39, 0.29) is 4.08 Å². The molecule has 1 aliphatic carbocycles. The van der Waals surface area contributed by atoms with Crippen molar-refractivity contribution in [3.8, 4) is 11.8 Å². The van der Waals surface area contributed by atoms with Crippen molar-refractivity contribution in [3.05, 3.63) is 0 Å². The van der Waals surface area contributed by atoms with Gasteiger partial charge in [-0.25, -0.2) is 0 Å². The Labute approximate surface area is 111 Å². The molecule has 0 aliphatic heterocycles. The third kappa shape index (κ3) is 3.21. The smallest absolute Gasteiger partial charge is 0.121 e. The summed E-state index contributed by atoms with van der Waals surface area (Å²) in [6.45, 7) is 0. The minimum absolute atomic E-state index is 0.146. The van der Waals surface area contributed by atoms with Crippen molar-refractivity contribution in [2.75, 3.05) is 25.0 Å². The lowest BCUT2D eigenvalue weighted by molar-refractivity contribution is 0.692. The quantitative estimate of drug-likeness (QED) is 0.562. The van der Waals surface area contributed by atoms with Gasteiger partial charge in [-0.2, -0.15) is 0 Å². The Balaban J connectivity index is 2.81. The molecule has 0 saturated heterocycles. The zero-order valence-electron chi connectivity index (χ0n) is 9.75. The Hall–Kier alpha value is 0.960. The predicted octanol–water partition coefficient (Wildman–Crippen LogP) is 4.02. The van der Waals surface area contributed by atoms with Crippen LogP contribution in [-0.4, -0.2) is 33.2 Å². The standard InChI is InChI=1S/C11H18S4/c1-12-10(13-2)6-5-7-11(14-3,15-4)9-8-10/h6,8-9H2,1-4H3. The molecule has 0 heterocycles. The molecule has 0 nitrogen and oxygen atoms in total. The Morgan fingerprint density at radius 1 is 0.867 bits per heavy atom. The highest BCUT2D eigenvalue weighted by Gasteiger charge is 2.35. The molecule has 0 aromatic heterocycles. The van der Waals surface area contributed by atoms with Crippen molar-refractivity contribution in [1.29, 1.82) is 0 Å². The first kappa shape index (κ1) is 14.0. The van der Waals surface area contributed by atoms with Crippen LogP contribution in [0.4, 0.5) is 0 Å². The largest absolute Gasteiger partial charge is 0.147 e. The Morgan fingerprint density at radius 2 is 1.47 bits per heavy atom. The van der Waals surface area contributed by atoms with E-state index in [2.05, 4.69) is 36.9 Å². The zero-order valence-corrected chi connectivity index (χ0v) is 13.0. The van der Waals surface area contributed by atoms with E-state index < -0.39 is 0 Å². The summed E-state index contributed by atoms with van der Waals surface area (Å²) < 4.78 is 0.480. The summed E-state index contributed by atoms with van der Waals surface area (Å²) in [4.78, 5) is 0. The van der Waals surface area contributed by atoms with Crippen molar-refractivity contribution in [2.45, 2.75) is 27.4 Å². The molecule has 0 aromatic carbocycles. The molecular weight excluding hydrogens is 260 g/mol. The molecule has 4 heteroatoms. The first-order chi connectivity index (χ1) is 7.16. The van der Waals surface area contributed by atoms with Crippen molar-refractivity contribution < 1.29 is 0 Å². The highest BCUT2D eigenvalue weighted by molar-refractivity contribution is 8.18. The second-order valence-corrected chi connectivity index (χ2v) is 8.57. The maximum atomic E-state index is 3.47. The van der Waals surface area contributed by atoms with Crippen LogP contribution in [0.15, 0.2) is 0 Å². The molecule has 0 unspecified atom stereocenters. The molecule has 86 valence electrons. The molecule has 15 heavy (non-hydrogen) atoms. The van der Waals surface area contributed by atoms with Crippen LogP contribution in [0.25, 0.3) is 0 Å². The zero-order chi connectivity index (χ0) is 11.4. The molecule has 0 amide bonds. The van der Waals surface area contributed by atoms with Gasteiger partial charge in [0.15, 0.2) is 0 Å². The van der Waals surface area contributed by atoms with E-state index in [0.717, 1.165) is 6.42 Å². The van der Waals surface area contributed by atoms with Crippen molar-refractivity contribution >= 4 is 47.0 Å². The van der Waals surface area contributed by atoms with Crippen LogP contribution in [0.3, 0.4) is 0 Å². The fraction of sp³-hybridized carbons (Fsp3) is 0.818. The molecule has 1 rings (SSSR count). The molecule has 0 atom stereocenters. The van der Waals surface area contributed by atoms with Crippen LogP contribution < -0.4 is 0 Å². The molecule has 0 N–H and O–H groups in total. The van der Waals surface area contributed by atoms with E-state index >= 15 is 0 Å². The van der Waals surface area contributed by atoms with Gasteiger partial charge in [0.05, 0.1) is 4.08 Å². The predicted molar refractivity (Wildman–Crippen MR) is 81.1 cm³/mol. The van der Waals surface area contributed by atoms with Crippen LogP contribution >= 0.6 is 47.0 Å². The Bertz CT molecular complexity index is 255. The SMILES string of the molecule is CSC1(SC)C#CCC(SC)(SC)CC1. The van der Waals surface area contributed by atoms with Crippen molar-refractivity contribution in [2.24, 2.45) is 0 Å². The van der Waals surface area contributed by atoms with Gasteiger partial charge in [-0.1, -0.05) is 11.8 Å². The summed E-state index contributed by atoms with van der Waals surface area (Å²) in [5.41, 5.74) is 0. The Morgan fingerprint density at radius 3 is 1.93 bits per heavy atom. The first-order valence-electron chi connectivity index (χ1n) is 4.86. The molecule has 1 aliphatic rings. The highest BCUT2D eigenvalue weighted by Crippen LogP contribution is 2.48. The van der Waals surface area contributed by atoms with Gasteiger partial charge in [0.1, 0.15) is 4.08 Å². The Kier molecular flexibility index (Phi) is 5.65. The number of hydrogen-bond donors (Lipinski definition) is 0. The van der Waals surface area contributed by atoms with Gasteiger partial charge in [-0.15, -0.1) is 47.0 Å². The van der Waals surface area contributed by atoms with Crippen LogP contribution in [0.1, 0.15) is 19.3 Å². The van der Waals surface area contributed by atoms with E-state index in [1.807, 2.05) is 47.0 Å². The van der Waals surface area contributed by atoms with Gasteiger partial charge in [-0.05, 0) is 37.9 Å². The van der Waals surface area contributed by atoms with E-state index in [0.29, 0.717) is 4.08 Å². The first-order valence-corrected chi connectivity index (χ1v) is 9.76. The molecule has 0 spiro atoms. The number of rotatable bonds is 4. The molecule has 0 aromatic rings. The van der Waals surface area contributed by atoms with Crippen molar-refractivity contribution in [3.63, 3.8) is 0 Å². The average molecular weight is 279 g/mol. The number of hydrogen-bond acceptors (Lipinski definition) is 4. The summed E-state index contributed by atoms with van der Waals surface area (Å²) in [6.07, 6.45) is 12.2. The van der Waals surface area contributed by atoms with Gasteiger partial charge >= 0.3 is 0 Å².